The zero-order valence-electron chi connectivity index (χ0n) is 10.8. The highest BCUT2D eigenvalue weighted by Gasteiger charge is 2.26. The zero-order chi connectivity index (χ0) is 13.0. The van der Waals surface area contributed by atoms with E-state index in [1.807, 2.05) is 61.6 Å². The molecule has 1 saturated heterocycles. The number of para-hydroxylation sites is 1. The van der Waals surface area contributed by atoms with Gasteiger partial charge in [-0.25, -0.2) is 0 Å². The van der Waals surface area contributed by atoms with Crippen molar-refractivity contribution in [2.45, 2.75) is 31.3 Å². The van der Waals surface area contributed by atoms with Gasteiger partial charge in [0, 0.05) is 28.1 Å². The van der Waals surface area contributed by atoms with Crippen LogP contribution in [0.15, 0.2) is 24.3 Å². The third-order valence-corrected chi connectivity index (χ3v) is 5.64. The van der Waals surface area contributed by atoms with Crippen molar-refractivity contribution >= 4 is 23.5 Å². The monoisotopic (exact) mass is 284 g/mol. The van der Waals surface area contributed by atoms with Gasteiger partial charge in [0.25, 0.3) is 0 Å². The summed E-state index contributed by atoms with van der Waals surface area (Å²) in [6.07, 6.45) is -0.301. The highest BCUT2D eigenvalue weighted by molar-refractivity contribution is 8.06. The van der Waals surface area contributed by atoms with E-state index in [4.69, 9.17) is 4.74 Å². The topological polar surface area (TPSA) is 29.5 Å². The fourth-order valence-electron chi connectivity index (χ4n) is 1.97. The number of rotatable bonds is 4. The van der Waals surface area contributed by atoms with E-state index >= 15 is 0 Å². The number of hydrogen-bond donors (Lipinski definition) is 1. The summed E-state index contributed by atoms with van der Waals surface area (Å²) in [5, 5.41) is 10.8. The Hall–Kier alpha value is -0.320. The van der Waals surface area contributed by atoms with Crippen LogP contribution in [0.3, 0.4) is 0 Å². The lowest BCUT2D eigenvalue weighted by atomic mass is 10.1. The van der Waals surface area contributed by atoms with Gasteiger partial charge in [-0.2, -0.15) is 23.5 Å². The lowest BCUT2D eigenvalue weighted by molar-refractivity contribution is 0.167. The molecule has 0 bridgehead atoms. The molecule has 1 aromatic rings. The highest BCUT2D eigenvalue weighted by atomic mass is 32.2. The first kappa shape index (κ1) is 14.1. The highest BCUT2D eigenvalue weighted by Crippen LogP contribution is 2.37. The van der Waals surface area contributed by atoms with Gasteiger partial charge in [-0.05, 0) is 19.9 Å². The van der Waals surface area contributed by atoms with Crippen LogP contribution in [0.1, 0.15) is 25.5 Å². The minimum absolute atomic E-state index is 0.131. The van der Waals surface area contributed by atoms with E-state index in [0.717, 1.165) is 22.8 Å². The number of aliphatic hydroxyl groups excluding tert-OH is 1. The van der Waals surface area contributed by atoms with E-state index in [1.54, 1.807) is 0 Å². The van der Waals surface area contributed by atoms with Crippen LogP contribution in [-0.4, -0.2) is 33.7 Å². The van der Waals surface area contributed by atoms with Gasteiger partial charge in [0.05, 0.1) is 12.2 Å². The molecule has 2 atom stereocenters. The predicted octanol–water partition coefficient (Wildman–Crippen LogP) is 3.36. The molecule has 0 amide bonds. The Balaban J connectivity index is 2.15. The maximum Gasteiger partial charge on any atom is 0.125 e. The molecule has 0 aliphatic carbocycles. The average molecular weight is 284 g/mol. The van der Waals surface area contributed by atoms with E-state index in [1.165, 1.54) is 5.75 Å². The van der Waals surface area contributed by atoms with Crippen LogP contribution >= 0.6 is 23.5 Å². The predicted molar refractivity (Wildman–Crippen MR) is 80.7 cm³/mol. The Kier molecular flexibility index (Phi) is 5.27. The van der Waals surface area contributed by atoms with Gasteiger partial charge in [0.1, 0.15) is 5.75 Å². The zero-order valence-corrected chi connectivity index (χ0v) is 12.5. The maximum atomic E-state index is 10.5. The Labute approximate surface area is 117 Å². The Morgan fingerprint density at radius 3 is 2.72 bits per heavy atom. The minimum Gasteiger partial charge on any atom is -0.491 e. The van der Waals surface area contributed by atoms with Crippen molar-refractivity contribution in [3.05, 3.63) is 29.8 Å². The largest absolute Gasteiger partial charge is 0.491 e. The molecule has 18 heavy (non-hydrogen) atoms. The van der Waals surface area contributed by atoms with Gasteiger partial charge in [0.15, 0.2) is 0 Å². The first-order valence-corrected chi connectivity index (χ1v) is 8.52. The molecule has 1 fully saturated rings. The van der Waals surface area contributed by atoms with Crippen molar-refractivity contribution in [3.63, 3.8) is 0 Å². The van der Waals surface area contributed by atoms with Crippen LogP contribution in [0.25, 0.3) is 0 Å². The molecule has 0 aromatic heterocycles. The summed E-state index contributed by atoms with van der Waals surface area (Å²) >= 11 is 3.79. The van der Waals surface area contributed by atoms with Crippen molar-refractivity contribution in [2.75, 3.05) is 17.3 Å². The number of hydrogen-bond acceptors (Lipinski definition) is 4. The fraction of sp³-hybridized carbons (Fsp3) is 0.571. The molecule has 1 heterocycles. The normalized spacial score (nSPS) is 21.9. The molecule has 2 rings (SSSR count). The van der Waals surface area contributed by atoms with Crippen molar-refractivity contribution < 1.29 is 9.84 Å². The van der Waals surface area contributed by atoms with Gasteiger partial charge in [-0.15, -0.1) is 0 Å². The second-order valence-corrected chi connectivity index (χ2v) is 7.13. The van der Waals surface area contributed by atoms with Crippen LogP contribution in [0.4, 0.5) is 0 Å². The van der Waals surface area contributed by atoms with Gasteiger partial charge < -0.3 is 9.84 Å². The van der Waals surface area contributed by atoms with E-state index in [0.29, 0.717) is 0 Å². The molecule has 1 aliphatic rings. The first-order valence-electron chi connectivity index (χ1n) is 6.31. The smallest absolute Gasteiger partial charge is 0.125 e. The molecule has 0 spiro atoms. The van der Waals surface area contributed by atoms with Gasteiger partial charge in [-0.1, -0.05) is 18.2 Å². The standard InChI is InChI=1S/C14H20O2S2/c1-10(2)16-12-6-4-3-5-11(12)14(15)13-9-17-7-8-18-13/h3-6,10,13-15H,7-9H2,1-2H3. The Morgan fingerprint density at radius 1 is 1.28 bits per heavy atom. The van der Waals surface area contributed by atoms with Crippen LogP contribution in [0.5, 0.6) is 5.75 Å². The summed E-state index contributed by atoms with van der Waals surface area (Å²) in [5.41, 5.74) is 0.922. The second-order valence-electron chi connectivity index (χ2n) is 4.63. The molecular weight excluding hydrogens is 264 g/mol. The van der Waals surface area contributed by atoms with Gasteiger partial charge in [-0.3, -0.25) is 0 Å². The summed E-state index contributed by atoms with van der Waals surface area (Å²) in [6.45, 7) is 4.02. The molecule has 0 saturated carbocycles. The molecule has 2 unspecified atom stereocenters. The number of benzene rings is 1. The third-order valence-electron chi connectivity index (χ3n) is 2.79. The first-order chi connectivity index (χ1) is 8.68. The summed E-state index contributed by atoms with van der Waals surface area (Å²) in [4.78, 5) is 0. The summed E-state index contributed by atoms with van der Waals surface area (Å²) in [5.74, 6) is 4.15. The number of thioether (sulfide) groups is 2. The minimum atomic E-state index is -0.433. The van der Waals surface area contributed by atoms with E-state index < -0.39 is 6.10 Å². The van der Waals surface area contributed by atoms with Crippen LogP contribution < -0.4 is 4.74 Å². The molecule has 0 radical (unpaired) electrons. The lowest BCUT2D eigenvalue weighted by Gasteiger charge is -2.27. The Bertz CT molecular complexity index is 376. The second kappa shape index (κ2) is 6.73. The van der Waals surface area contributed by atoms with Crippen molar-refractivity contribution in [3.8, 4) is 5.75 Å². The molecule has 4 heteroatoms. The van der Waals surface area contributed by atoms with Crippen molar-refractivity contribution in [2.24, 2.45) is 0 Å². The Morgan fingerprint density at radius 2 is 2.06 bits per heavy atom. The fourth-order valence-corrected chi connectivity index (χ4v) is 4.72. The van der Waals surface area contributed by atoms with Gasteiger partial charge >= 0.3 is 0 Å². The van der Waals surface area contributed by atoms with Crippen LogP contribution in [-0.2, 0) is 0 Å². The van der Waals surface area contributed by atoms with E-state index in [-0.39, 0.29) is 11.4 Å². The SMILES string of the molecule is CC(C)Oc1ccccc1C(O)C1CSCCS1. The van der Waals surface area contributed by atoms with E-state index in [9.17, 15) is 5.11 Å². The molecular formula is C14H20O2S2. The average Bonchev–Trinajstić information content (AvgIpc) is 2.39. The number of aliphatic hydroxyl groups is 1. The molecule has 2 nitrogen and oxygen atoms in total. The summed E-state index contributed by atoms with van der Waals surface area (Å²) in [6, 6.07) is 7.84. The number of ether oxygens (including phenoxy) is 1. The summed E-state index contributed by atoms with van der Waals surface area (Å²) in [7, 11) is 0. The summed E-state index contributed by atoms with van der Waals surface area (Å²) < 4.78 is 5.78. The molecule has 100 valence electrons. The van der Waals surface area contributed by atoms with Crippen LogP contribution in [0.2, 0.25) is 0 Å². The van der Waals surface area contributed by atoms with Gasteiger partial charge in [0.2, 0.25) is 0 Å². The van der Waals surface area contributed by atoms with E-state index in [2.05, 4.69) is 0 Å². The van der Waals surface area contributed by atoms with Crippen LogP contribution in [0, 0.1) is 0 Å². The maximum absolute atomic E-state index is 10.5. The molecule has 1 aliphatic heterocycles. The van der Waals surface area contributed by atoms with Crippen molar-refractivity contribution in [1.29, 1.82) is 0 Å². The third kappa shape index (κ3) is 3.59. The van der Waals surface area contributed by atoms with Crippen molar-refractivity contribution in [1.82, 2.24) is 0 Å². The molecule has 1 N–H and O–H groups in total. The lowest BCUT2D eigenvalue weighted by Crippen LogP contribution is -2.23. The quantitative estimate of drug-likeness (QED) is 0.918. The molecule has 1 aromatic carbocycles.